The number of hydrogen-bond acceptors (Lipinski definition) is 4. The zero-order chi connectivity index (χ0) is 19.3. The van der Waals surface area contributed by atoms with Gasteiger partial charge in [0.25, 0.3) is 0 Å². The molecule has 1 aromatic heterocycles. The van der Waals surface area contributed by atoms with Crippen LogP contribution in [0.4, 0.5) is 5.69 Å². The van der Waals surface area contributed by atoms with Crippen molar-refractivity contribution in [3.8, 4) is 0 Å². The van der Waals surface area contributed by atoms with E-state index in [2.05, 4.69) is 41.4 Å². The third kappa shape index (κ3) is 5.53. The lowest BCUT2D eigenvalue weighted by Gasteiger charge is -2.20. The number of aliphatic imine (C=N–C) groups is 1. The van der Waals surface area contributed by atoms with Gasteiger partial charge in [0.15, 0.2) is 11.8 Å². The number of hydrogen-bond donors (Lipinski definition) is 2. The largest absolute Gasteiger partial charge is 0.369 e. The Morgan fingerprint density at radius 3 is 2.97 bits per heavy atom. The van der Waals surface area contributed by atoms with Gasteiger partial charge < -0.3 is 20.1 Å². The molecule has 3 heterocycles. The molecule has 2 N–H and O–H groups in total. The number of aryl methyl sites for hydroxylation is 1. The Bertz CT molecular complexity index is 838. The molecule has 0 amide bonds. The van der Waals surface area contributed by atoms with Crippen LogP contribution in [0.3, 0.4) is 0 Å². The van der Waals surface area contributed by atoms with Crippen LogP contribution in [-0.4, -0.2) is 46.9 Å². The van der Waals surface area contributed by atoms with Crippen molar-refractivity contribution in [1.29, 1.82) is 0 Å². The third-order valence-electron chi connectivity index (χ3n) is 5.53. The minimum atomic E-state index is 0. The Labute approximate surface area is 194 Å². The maximum atomic E-state index is 6.13. The number of rotatable bonds is 4. The van der Waals surface area contributed by atoms with Gasteiger partial charge in [-0.15, -0.1) is 34.2 Å². The molecule has 158 valence electrons. The number of halogens is 2. The third-order valence-corrected chi connectivity index (χ3v) is 5.76. The molecule has 2 aliphatic rings. The van der Waals surface area contributed by atoms with Crippen LogP contribution in [0, 0.1) is 0 Å². The molecule has 1 atom stereocenters. The molecule has 0 aliphatic carbocycles. The maximum Gasteiger partial charge on any atom is 0.191 e. The quantitative estimate of drug-likeness (QED) is 0.362. The van der Waals surface area contributed by atoms with Gasteiger partial charge in [-0.1, -0.05) is 24.1 Å². The Hall–Kier alpha value is -1.55. The van der Waals surface area contributed by atoms with Gasteiger partial charge in [0, 0.05) is 49.9 Å². The highest BCUT2D eigenvalue weighted by Crippen LogP contribution is 2.23. The molecule has 1 unspecified atom stereocenters. The Balaban J connectivity index is 0.00000240. The number of aromatic nitrogens is 3. The zero-order valence-electron chi connectivity index (χ0n) is 16.8. The van der Waals surface area contributed by atoms with Gasteiger partial charge in [-0.25, -0.2) is 0 Å². The topological polar surface area (TPSA) is 70.4 Å². The Kier molecular flexibility index (Phi) is 7.99. The van der Waals surface area contributed by atoms with E-state index in [1.54, 1.807) is 0 Å². The molecule has 7 nitrogen and oxygen atoms in total. The standard InChI is InChI=1S/C20H28ClN7.HI/c1-22-20(23-13-19-26-25-18-8-3-2-4-10-28(18)19)24-16-9-11-27(14-16)17-7-5-6-15(21)12-17;/h5-7,12,16H,2-4,8-11,13-14H2,1H3,(H2,22,23,24);1H. The fourth-order valence-corrected chi connectivity index (χ4v) is 4.20. The number of guanidine groups is 1. The minimum Gasteiger partial charge on any atom is -0.369 e. The molecule has 4 rings (SSSR count). The molecule has 29 heavy (non-hydrogen) atoms. The van der Waals surface area contributed by atoms with Crippen LogP contribution in [0.25, 0.3) is 0 Å². The second-order valence-electron chi connectivity index (χ2n) is 7.48. The summed E-state index contributed by atoms with van der Waals surface area (Å²) in [5, 5.41) is 16.5. The highest BCUT2D eigenvalue weighted by atomic mass is 127. The van der Waals surface area contributed by atoms with Gasteiger partial charge in [0.1, 0.15) is 5.82 Å². The normalized spacial score (nSPS) is 19.3. The first-order chi connectivity index (χ1) is 13.7. The summed E-state index contributed by atoms with van der Waals surface area (Å²) in [7, 11) is 1.81. The van der Waals surface area contributed by atoms with Gasteiger partial charge in [-0.05, 0) is 37.5 Å². The summed E-state index contributed by atoms with van der Waals surface area (Å²) < 4.78 is 2.27. The molecule has 0 saturated carbocycles. The number of anilines is 1. The molecule has 1 fully saturated rings. The molecule has 0 radical (unpaired) electrons. The summed E-state index contributed by atoms with van der Waals surface area (Å²) >= 11 is 6.13. The van der Waals surface area contributed by atoms with Crippen LogP contribution in [0.2, 0.25) is 5.02 Å². The Morgan fingerprint density at radius 2 is 2.14 bits per heavy atom. The van der Waals surface area contributed by atoms with E-state index >= 15 is 0 Å². The summed E-state index contributed by atoms with van der Waals surface area (Å²) in [6, 6.07) is 8.39. The van der Waals surface area contributed by atoms with E-state index in [4.69, 9.17) is 11.6 Å². The van der Waals surface area contributed by atoms with E-state index in [0.717, 1.165) is 55.1 Å². The predicted octanol–water partition coefficient (Wildman–Crippen LogP) is 3.22. The molecular weight excluding hydrogens is 501 g/mol. The van der Waals surface area contributed by atoms with Crippen molar-refractivity contribution >= 4 is 47.2 Å². The van der Waals surface area contributed by atoms with E-state index in [1.165, 1.54) is 24.9 Å². The van der Waals surface area contributed by atoms with Crippen LogP contribution in [0.1, 0.15) is 37.3 Å². The molecule has 0 bridgehead atoms. The van der Waals surface area contributed by atoms with Gasteiger partial charge in [0.2, 0.25) is 0 Å². The second-order valence-corrected chi connectivity index (χ2v) is 7.91. The van der Waals surface area contributed by atoms with Gasteiger partial charge in [0.05, 0.1) is 6.54 Å². The first-order valence-electron chi connectivity index (χ1n) is 10.1. The van der Waals surface area contributed by atoms with Crippen LogP contribution in [0.15, 0.2) is 29.3 Å². The predicted molar refractivity (Wildman–Crippen MR) is 128 cm³/mol. The lowest BCUT2D eigenvalue weighted by Crippen LogP contribution is -2.44. The lowest BCUT2D eigenvalue weighted by atomic mass is 10.2. The summed E-state index contributed by atoms with van der Waals surface area (Å²) in [4.78, 5) is 6.75. The molecule has 1 aromatic carbocycles. The number of nitrogens with one attached hydrogen (secondary N) is 2. The van der Waals surface area contributed by atoms with Crippen LogP contribution in [0.5, 0.6) is 0 Å². The molecule has 1 saturated heterocycles. The van der Waals surface area contributed by atoms with Crippen LogP contribution >= 0.6 is 35.6 Å². The van der Waals surface area contributed by atoms with Crippen LogP contribution in [-0.2, 0) is 19.5 Å². The molecule has 0 spiro atoms. The summed E-state index contributed by atoms with van der Waals surface area (Å²) in [5.41, 5.74) is 1.17. The van der Waals surface area contributed by atoms with Crippen molar-refractivity contribution in [3.63, 3.8) is 0 Å². The van der Waals surface area contributed by atoms with Gasteiger partial charge in [-0.3, -0.25) is 4.99 Å². The van der Waals surface area contributed by atoms with Gasteiger partial charge in [-0.2, -0.15) is 0 Å². The average Bonchev–Trinajstić information content (AvgIpc) is 3.25. The fourth-order valence-electron chi connectivity index (χ4n) is 4.01. The molecule has 2 aliphatic heterocycles. The maximum absolute atomic E-state index is 6.13. The van der Waals surface area contributed by atoms with Crippen molar-refractivity contribution in [2.75, 3.05) is 25.0 Å². The van der Waals surface area contributed by atoms with Crippen molar-refractivity contribution in [1.82, 2.24) is 25.4 Å². The van der Waals surface area contributed by atoms with Crippen molar-refractivity contribution in [2.45, 2.75) is 51.2 Å². The van der Waals surface area contributed by atoms with Crippen molar-refractivity contribution in [3.05, 3.63) is 40.9 Å². The smallest absolute Gasteiger partial charge is 0.191 e. The summed E-state index contributed by atoms with van der Waals surface area (Å²) in [5.74, 6) is 2.92. The number of nitrogens with zero attached hydrogens (tertiary/aromatic N) is 5. The highest BCUT2D eigenvalue weighted by Gasteiger charge is 2.24. The molecular formula is C20H29ClIN7. The van der Waals surface area contributed by atoms with Crippen LogP contribution < -0.4 is 15.5 Å². The van der Waals surface area contributed by atoms with Gasteiger partial charge >= 0.3 is 0 Å². The Morgan fingerprint density at radius 1 is 1.24 bits per heavy atom. The lowest BCUT2D eigenvalue weighted by molar-refractivity contribution is 0.591. The van der Waals surface area contributed by atoms with E-state index in [-0.39, 0.29) is 24.0 Å². The number of benzene rings is 1. The average molecular weight is 530 g/mol. The highest BCUT2D eigenvalue weighted by molar-refractivity contribution is 14.0. The van der Waals surface area contributed by atoms with E-state index < -0.39 is 0 Å². The van der Waals surface area contributed by atoms with Crippen molar-refractivity contribution < 1.29 is 0 Å². The zero-order valence-corrected chi connectivity index (χ0v) is 19.9. The van der Waals surface area contributed by atoms with E-state index in [1.807, 2.05) is 25.2 Å². The number of fused-ring (bicyclic) bond motifs is 1. The first kappa shape index (κ1) is 22.1. The molecule has 9 heteroatoms. The SMILES string of the molecule is CN=C(NCc1nnc2n1CCCCC2)NC1CCN(c2cccc(Cl)c2)C1.I. The first-order valence-corrected chi connectivity index (χ1v) is 10.5. The fraction of sp³-hybridized carbons (Fsp3) is 0.550. The second kappa shape index (κ2) is 10.5. The van der Waals surface area contributed by atoms with Crippen molar-refractivity contribution in [2.24, 2.45) is 4.99 Å². The van der Waals surface area contributed by atoms with E-state index in [9.17, 15) is 0 Å². The summed E-state index contributed by atoms with van der Waals surface area (Å²) in [6.07, 6.45) is 5.77. The van der Waals surface area contributed by atoms with E-state index in [0.29, 0.717) is 12.6 Å². The summed E-state index contributed by atoms with van der Waals surface area (Å²) in [6.45, 7) is 3.59. The minimum absolute atomic E-state index is 0. The molecule has 2 aromatic rings. The monoisotopic (exact) mass is 529 g/mol.